The quantitative estimate of drug-likeness (QED) is 0.774. The first-order valence-electron chi connectivity index (χ1n) is 7.40. The number of nitrogens with one attached hydrogen (secondary N) is 2. The largest absolute Gasteiger partial charge is 0.313 e. The van der Waals surface area contributed by atoms with Gasteiger partial charge in [-0.2, -0.15) is 0 Å². The van der Waals surface area contributed by atoms with Crippen LogP contribution in [-0.2, 0) is 16.6 Å². The Hall–Kier alpha value is -0.430. The molecule has 6 heteroatoms. The zero-order valence-electron chi connectivity index (χ0n) is 11.8. The van der Waals surface area contributed by atoms with Gasteiger partial charge in [-0.05, 0) is 61.1 Å². The molecule has 1 aromatic rings. The minimum atomic E-state index is -3.33. The molecule has 2 N–H and O–H groups in total. The van der Waals surface area contributed by atoms with E-state index in [4.69, 9.17) is 0 Å². The van der Waals surface area contributed by atoms with Gasteiger partial charge in [0.05, 0.1) is 0 Å². The van der Waals surface area contributed by atoms with E-state index in [1.54, 1.807) is 6.07 Å². The van der Waals surface area contributed by atoms with E-state index in [0.29, 0.717) is 16.0 Å². The first-order chi connectivity index (χ1) is 9.60. The van der Waals surface area contributed by atoms with Crippen molar-refractivity contribution in [2.75, 3.05) is 6.54 Å². The fourth-order valence-corrected chi connectivity index (χ4v) is 5.18. The molecule has 2 aliphatic carbocycles. The molecule has 0 radical (unpaired) electrons. The molecule has 0 unspecified atom stereocenters. The van der Waals surface area contributed by atoms with Crippen LogP contribution in [-0.4, -0.2) is 21.0 Å². The lowest BCUT2D eigenvalue weighted by Gasteiger charge is -2.16. The molecule has 112 valence electrons. The zero-order valence-corrected chi connectivity index (χ0v) is 13.4. The van der Waals surface area contributed by atoms with Crippen LogP contribution in [0.5, 0.6) is 0 Å². The molecule has 1 heterocycles. The van der Waals surface area contributed by atoms with Crippen LogP contribution in [0.1, 0.15) is 38.2 Å². The van der Waals surface area contributed by atoms with Crippen LogP contribution in [0, 0.1) is 11.8 Å². The molecule has 0 atom stereocenters. The summed E-state index contributed by atoms with van der Waals surface area (Å²) in [7, 11) is -3.33. The average molecular weight is 314 g/mol. The summed E-state index contributed by atoms with van der Waals surface area (Å²) in [6.45, 7) is 3.67. The second kappa shape index (κ2) is 5.75. The number of thiophene rings is 1. The highest BCUT2D eigenvalue weighted by Crippen LogP contribution is 2.45. The summed E-state index contributed by atoms with van der Waals surface area (Å²) in [5.41, 5.74) is 1.05. The van der Waals surface area contributed by atoms with E-state index in [1.165, 1.54) is 37.0 Å². The van der Waals surface area contributed by atoms with Gasteiger partial charge in [0, 0.05) is 12.6 Å². The van der Waals surface area contributed by atoms with Gasteiger partial charge in [-0.3, -0.25) is 0 Å². The Kier molecular flexibility index (Phi) is 4.17. The summed E-state index contributed by atoms with van der Waals surface area (Å²) < 4.78 is 28.4. The van der Waals surface area contributed by atoms with Gasteiger partial charge in [-0.15, -0.1) is 11.3 Å². The van der Waals surface area contributed by atoms with Crippen molar-refractivity contribution in [1.82, 2.24) is 10.0 Å². The number of hydrogen-bond donors (Lipinski definition) is 2. The van der Waals surface area contributed by atoms with Crippen LogP contribution in [0.2, 0.25) is 0 Å². The van der Waals surface area contributed by atoms with Crippen molar-refractivity contribution in [1.29, 1.82) is 0 Å². The molecule has 1 aromatic heterocycles. The molecule has 20 heavy (non-hydrogen) atoms. The van der Waals surface area contributed by atoms with E-state index in [1.807, 2.05) is 12.3 Å². The molecule has 0 aliphatic heterocycles. The second-order valence-corrected chi connectivity index (χ2v) is 8.73. The average Bonchev–Trinajstić information content (AvgIpc) is 3.32. The van der Waals surface area contributed by atoms with E-state index < -0.39 is 10.0 Å². The molecule has 0 saturated heterocycles. The lowest BCUT2D eigenvalue weighted by Crippen LogP contribution is -2.37. The van der Waals surface area contributed by atoms with Gasteiger partial charge in [-0.25, -0.2) is 13.1 Å². The van der Waals surface area contributed by atoms with E-state index >= 15 is 0 Å². The number of hydrogen-bond acceptors (Lipinski definition) is 4. The molecule has 3 rings (SSSR count). The van der Waals surface area contributed by atoms with Gasteiger partial charge in [0.1, 0.15) is 4.21 Å². The smallest absolute Gasteiger partial charge is 0.250 e. The zero-order chi connectivity index (χ0) is 14.2. The van der Waals surface area contributed by atoms with Crippen molar-refractivity contribution < 1.29 is 8.42 Å². The molecule has 4 nitrogen and oxygen atoms in total. The van der Waals surface area contributed by atoms with Crippen molar-refractivity contribution in [2.45, 2.75) is 49.4 Å². The van der Waals surface area contributed by atoms with Crippen LogP contribution in [0.25, 0.3) is 0 Å². The summed E-state index contributed by atoms with van der Waals surface area (Å²) in [5, 5.41) is 5.15. The molecule has 0 aromatic carbocycles. The van der Waals surface area contributed by atoms with Gasteiger partial charge < -0.3 is 5.32 Å². The first kappa shape index (κ1) is 14.5. The van der Waals surface area contributed by atoms with E-state index in [0.717, 1.165) is 18.7 Å². The van der Waals surface area contributed by atoms with Crippen molar-refractivity contribution in [2.24, 2.45) is 11.8 Å². The van der Waals surface area contributed by atoms with Crippen molar-refractivity contribution in [3.8, 4) is 0 Å². The third-order valence-electron chi connectivity index (χ3n) is 4.02. The van der Waals surface area contributed by atoms with Gasteiger partial charge in [-0.1, -0.05) is 6.92 Å². The van der Waals surface area contributed by atoms with Gasteiger partial charge in [0.15, 0.2) is 0 Å². The summed E-state index contributed by atoms with van der Waals surface area (Å²) in [6, 6.07) is 1.98. The monoisotopic (exact) mass is 314 g/mol. The summed E-state index contributed by atoms with van der Waals surface area (Å²) in [6.07, 6.45) is 4.72. The van der Waals surface area contributed by atoms with Gasteiger partial charge >= 0.3 is 0 Å². The highest BCUT2D eigenvalue weighted by molar-refractivity contribution is 7.91. The minimum absolute atomic E-state index is 0.180. The Balaban J connectivity index is 1.68. The Morgan fingerprint density at radius 2 is 1.95 bits per heavy atom. The molecule has 2 aliphatic rings. The third-order valence-corrected chi connectivity index (χ3v) is 6.97. The summed E-state index contributed by atoms with van der Waals surface area (Å²) in [5.74, 6) is 1.16. The van der Waals surface area contributed by atoms with Crippen LogP contribution in [0.3, 0.4) is 0 Å². The summed E-state index contributed by atoms with van der Waals surface area (Å²) >= 11 is 1.32. The standard InChI is InChI=1S/C14H22N2O2S2/c1-2-15-8-10-7-13(19-9-10)20(17,18)16-14(11-3-4-11)12-5-6-12/h7,9,11-12,14-16H,2-6,8H2,1H3. The molecule has 2 saturated carbocycles. The van der Waals surface area contributed by atoms with Crippen LogP contribution >= 0.6 is 11.3 Å². The molecule has 0 spiro atoms. The molecule has 0 amide bonds. The van der Waals surface area contributed by atoms with Crippen LogP contribution in [0.15, 0.2) is 15.7 Å². The van der Waals surface area contributed by atoms with Crippen LogP contribution in [0.4, 0.5) is 0 Å². The predicted octanol–water partition coefficient (Wildman–Crippen LogP) is 2.32. The highest BCUT2D eigenvalue weighted by atomic mass is 32.2. The van der Waals surface area contributed by atoms with Crippen LogP contribution < -0.4 is 10.0 Å². The Morgan fingerprint density at radius 1 is 1.30 bits per heavy atom. The summed E-state index contributed by atoms with van der Waals surface area (Å²) in [4.78, 5) is 0. The predicted molar refractivity (Wildman–Crippen MR) is 81.3 cm³/mol. The van der Waals surface area contributed by atoms with Crippen molar-refractivity contribution >= 4 is 21.4 Å². The molecular weight excluding hydrogens is 292 g/mol. The third kappa shape index (κ3) is 3.42. The van der Waals surface area contributed by atoms with E-state index in [9.17, 15) is 8.42 Å². The number of sulfonamides is 1. The Morgan fingerprint density at radius 3 is 2.50 bits per heavy atom. The Labute approximate surface area is 125 Å². The first-order valence-corrected chi connectivity index (χ1v) is 9.77. The maximum Gasteiger partial charge on any atom is 0.250 e. The minimum Gasteiger partial charge on any atom is -0.313 e. The Bertz CT molecular complexity index is 547. The molecule has 0 bridgehead atoms. The highest BCUT2D eigenvalue weighted by Gasteiger charge is 2.43. The molecule has 2 fully saturated rings. The van der Waals surface area contributed by atoms with E-state index in [-0.39, 0.29) is 6.04 Å². The van der Waals surface area contributed by atoms with E-state index in [2.05, 4.69) is 10.0 Å². The number of rotatable bonds is 8. The fraction of sp³-hybridized carbons (Fsp3) is 0.714. The lowest BCUT2D eigenvalue weighted by molar-refractivity contribution is 0.472. The SMILES string of the molecule is CCNCc1csc(S(=O)(=O)NC(C2CC2)C2CC2)c1. The topological polar surface area (TPSA) is 58.2 Å². The molecular formula is C14H22N2O2S2. The fourth-order valence-electron chi connectivity index (χ4n) is 2.58. The normalized spacial score (nSPS) is 19.7. The van der Waals surface area contributed by atoms with Gasteiger partial charge in [0.25, 0.3) is 0 Å². The van der Waals surface area contributed by atoms with Crippen molar-refractivity contribution in [3.63, 3.8) is 0 Å². The van der Waals surface area contributed by atoms with Crippen molar-refractivity contribution in [3.05, 3.63) is 17.0 Å². The maximum atomic E-state index is 12.5. The lowest BCUT2D eigenvalue weighted by atomic mass is 10.1. The maximum absolute atomic E-state index is 12.5. The van der Waals surface area contributed by atoms with Gasteiger partial charge in [0.2, 0.25) is 10.0 Å². The second-order valence-electron chi connectivity index (χ2n) is 5.88.